The SMILES string of the molecule is CCOc1cc(/C=N\Nc2nc(C)cc(COC)c2C#N)cc(Br)c1OCc1ccc(Cl)cc1. The van der Waals surface area contributed by atoms with Crippen LogP contribution in [0.1, 0.15) is 34.9 Å². The van der Waals surface area contributed by atoms with E-state index in [9.17, 15) is 5.26 Å². The molecule has 34 heavy (non-hydrogen) atoms. The lowest BCUT2D eigenvalue weighted by Gasteiger charge is -2.15. The van der Waals surface area contributed by atoms with E-state index >= 15 is 0 Å². The van der Waals surface area contributed by atoms with Crippen LogP contribution in [0, 0.1) is 18.3 Å². The molecule has 0 aliphatic rings. The van der Waals surface area contributed by atoms with Crippen molar-refractivity contribution in [1.82, 2.24) is 4.98 Å². The molecule has 176 valence electrons. The summed E-state index contributed by atoms with van der Waals surface area (Å²) in [4.78, 5) is 4.39. The number of hydrazone groups is 1. The third-order valence-electron chi connectivity index (χ3n) is 4.65. The molecule has 0 aliphatic carbocycles. The third kappa shape index (κ3) is 6.70. The maximum absolute atomic E-state index is 9.56. The second-order valence-corrected chi connectivity index (χ2v) is 8.53. The van der Waals surface area contributed by atoms with E-state index in [2.05, 4.69) is 37.5 Å². The number of methoxy groups -OCH3 is 1. The Labute approximate surface area is 212 Å². The van der Waals surface area contributed by atoms with Crippen LogP contribution in [-0.2, 0) is 18.0 Å². The number of nitriles is 1. The summed E-state index contributed by atoms with van der Waals surface area (Å²) in [5.41, 5.74) is 6.53. The monoisotopic (exact) mass is 542 g/mol. The minimum Gasteiger partial charge on any atom is -0.490 e. The molecule has 7 nitrogen and oxygen atoms in total. The number of benzene rings is 2. The number of rotatable bonds is 10. The summed E-state index contributed by atoms with van der Waals surface area (Å²) in [6.07, 6.45) is 1.62. The summed E-state index contributed by atoms with van der Waals surface area (Å²) >= 11 is 9.53. The topological polar surface area (TPSA) is 88.8 Å². The number of pyridine rings is 1. The van der Waals surface area contributed by atoms with Crippen molar-refractivity contribution in [3.8, 4) is 17.6 Å². The predicted molar refractivity (Wildman–Crippen MR) is 137 cm³/mol. The highest BCUT2D eigenvalue weighted by molar-refractivity contribution is 9.10. The first-order valence-electron chi connectivity index (χ1n) is 10.5. The first-order valence-corrected chi connectivity index (χ1v) is 11.6. The second-order valence-electron chi connectivity index (χ2n) is 7.24. The highest BCUT2D eigenvalue weighted by Crippen LogP contribution is 2.37. The molecule has 1 heterocycles. The Morgan fingerprint density at radius 2 is 1.94 bits per heavy atom. The van der Waals surface area contributed by atoms with Gasteiger partial charge in [0.15, 0.2) is 17.3 Å². The Hall–Kier alpha value is -3.12. The van der Waals surface area contributed by atoms with Crippen LogP contribution >= 0.6 is 27.5 Å². The number of halogens is 2. The number of hydrogen-bond donors (Lipinski definition) is 1. The van der Waals surface area contributed by atoms with Crippen LogP contribution in [0.2, 0.25) is 5.02 Å². The van der Waals surface area contributed by atoms with Gasteiger partial charge in [0.05, 0.1) is 23.9 Å². The fourth-order valence-electron chi connectivity index (χ4n) is 3.19. The van der Waals surface area contributed by atoms with Crippen LogP contribution in [0.4, 0.5) is 5.82 Å². The zero-order valence-electron chi connectivity index (χ0n) is 19.1. The molecule has 0 saturated carbocycles. The Morgan fingerprint density at radius 1 is 1.18 bits per heavy atom. The molecule has 3 rings (SSSR count). The zero-order chi connectivity index (χ0) is 24.5. The van der Waals surface area contributed by atoms with Gasteiger partial charge in [-0.1, -0.05) is 23.7 Å². The minimum absolute atomic E-state index is 0.312. The Balaban J connectivity index is 1.80. The average Bonchev–Trinajstić information content (AvgIpc) is 2.80. The summed E-state index contributed by atoms with van der Waals surface area (Å²) in [5, 5.41) is 14.5. The van der Waals surface area contributed by atoms with Gasteiger partial charge in [0.25, 0.3) is 0 Å². The fraction of sp³-hybridized carbons (Fsp3) is 0.240. The maximum Gasteiger partial charge on any atom is 0.175 e. The molecule has 0 amide bonds. The lowest BCUT2D eigenvalue weighted by atomic mass is 10.1. The second kappa shape index (κ2) is 12.4. The van der Waals surface area contributed by atoms with Crippen molar-refractivity contribution in [3.05, 3.63) is 79.9 Å². The normalized spacial score (nSPS) is 10.8. The van der Waals surface area contributed by atoms with E-state index in [0.717, 1.165) is 26.9 Å². The maximum atomic E-state index is 9.56. The van der Waals surface area contributed by atoms with Gasteiger partial charge in [-0.05, 0) is 71.2 Å². The van der Waals surface area contributed by atoms with Crippen LogP contribution in [0.5, 0.6) is 11.5 Å². The molecule has 0 bridgehead atoms. The van der Waals surface area contributed by atoms with Gasteiger partial charge in [0.1, 0.15) is 18.2 Å². The quantitative estimate of drug-likeness (QED) is 0.240. The first kappa shape index (κ1) is 25.5. The van der Waals surface area contributed by atoms with Crippen molar-refractivity contribution in [1.29, 1.82) is 5.26 Å². The summed E-state index contributed by atoms with van der Waals surface area (Å²) in [7, 11) is 1.58. The largest absolute Gasteiger partial charge is 0.490 e. The standard InChI is InChI=1S/C25H24BrClN4O3/c1-4-33-23-11-18(10-22(26)24(23)34-14-17-5-7-20(27)8-6-17)13-29-31-25-21(12-28)19(15-32-3)9-16(2)30-25/h5-11,13H,4,14-15H2,1-3H3,(H,30,31)/b29-13-. The number of hydrogen-bond acceptors (Lipinski definition) is 7. The van der Waals surface area contributed by atoms with Gasteiger partial charge < -0.3 is 14.2 Å². The van der Waals surface area contributed by atoms with E-state index in [1.165, 1.54) is 0 Å². The summed E-state index contributed by atoms with van der Waals surface area (Å²) in [6, 6.07) is 15.2. The van der Waals surface area contributed by atoms with E-state index in [-0.39, 0.29) is 0 Å². The van der Waals surface area contributed by atoms with Crippen molar-refractivity contribution in [2.24, 2.45) is 5.10 Å². The fourth-order valence-corrected chi connectivity index (χ4v) is 3.89. The number of aromatic nitrogens is 1. The van der Waals surface area contributed by atoms with E-state index < -0.39 is 0 Å². The van der Waals surface area contributed by atoms with E-state index in [1.807, 2.05) is 56.3 Å². The highest BCUT2D eigenvalue weighted by atomic mass is 79.9. The number of anilines is 1. The van der Waals surface area contributed by atoms with Gasteiger partial charge in [-0.25, -0.2) is 4.98 Å². The van der Waals surface area contributed by atoms with Crippen molar-refractivity contribution < 1.29 is 14.2 Å². The summed E-state index contributed by atoms with van der Waals surface area (Å²) < 4.78 is 17.7. The summed E-state index contributed by atoms with van der Waals surface area (Å²) in [6.45, 7) is 4.91. The molecule has 0 unspecified atom stereocenters. The van der Waals surface area contributed by atoms with Crippen molar-refractivity contribution in [2.45, 2.75) is 27.1 Å². The van der Waals surface area contributed by atoms with Crippen molar-refractivity contribution in [3.63, 3.8) is 0 Å². The Morgan fingerprint density at radius 3 is 2.62 bits per heavy atom. The number of nitrogens with zero attached hydrogens (tertiary/aromatic N) is 3. The van der Waals surface area contributed by atoms with Gasteiger partial charge in [-0.15, -0.1) is 0 Å². The predicted octanol–water partition coefficient (Wildman–Crippen LogP) is 6.25. The molecule has 1 N–H and O–H groups in total. The lowest BCUT2D eigenvalue weighted by molar-refractivity contribution is 0.184. The van der Waals surface area contributed by atoms with E-state index in [4.69, 9.17) is 25.8 Å². The molecule has 1 aromatic heterocycles. The van der Waals surface area contributed by atoms with Crippen molar-refractivity contribution >= 4 is 39.6 Å². The average molecular weight is 544 g/mol. The molecule has 2 aromatic carbocycles. The molecule has 9 heteroatoms. The van der Waals surface area contributed by atoms with Crippen LogP contribution in [0.3, 0.4) is 0 Å². The van der Waals surface area contributed by atoms with Crippen molar-refractivity contribution in [2.75, 3.05) is 19.1 Å². The molecule has 0 radical (unpaired) electrons. The van der Waals surface area contributed by atoms with Crippen LogP contribution in [0.25, 0.3) is 0 Å². The molecular formula is C25H24BrClN4O3. The van der Waals surface area contributed by atoms with Crippen LogP contribution < -0.4 is 14.9 Å². The van der Waals surface area contributed by atoms with Gasteiger partial charge in [-0.3, -0.25) is 5.43 Å². The molecule has 0 spiro atoms. The molecule has 3 aromatic rings. The molecule has 0 fully saturated rings. The smallest absolute Gasteiger partial charge is 0.175 e. The Bertz CT molecular complexity index is 1210. The van der Waals surface area contributed by atoms with Gasteiger partial charge in [-0.2, -0.15) is 10.4 Å². The minimum atomic E-state index is 0.312. The van der Waals surface area contributed by atoms with E-state index in [0.29, 0.717) is 47.7 Å². The first-order chi connectivity index (χ1) is 16.4. The van der Waals surface area contributed by atoms with Gasteiger partial charge >= 0.3 is 0 Å². The molecule has 0 saturated heterocycles. The lowest BCUT2D eigenvalue weighted by Crippen LogP contribution is -2.04. The summed E-state index contributed by atoms with van der Waals surface area (Å²) in [5.74, 6) is 1.55. The van der Waals surface area contributed by atoms with Gasteiger partial charge in [0, 0.05) is 23.4 Å². The molecule has 0 aliphatic heterocycles. The number of aryl methyl sites for hydroxylation is 1. The number of nitrogens with one attached hydrogen (secondary N) is 1. The highest BCUT2D eigenvalue weighted by Gasteiger charge is 2.13. The third-order valence-corrected chi connectivity index (χ3v) is 5.49. The number of ether oxygens (including phenoxy) is 3. The van der Waals surface area contributed by atoms with Gasteiger partial charge in [0.2, 0.25) is 0 Å². The molecular weight excluding hydrogens is 520 g/mol. The van der Waals surface area contributed by atoms with E-state index in [1.54, 1.807) is 13.3 Å². The Kier molecular flexibility index (Phi) is 9.28. The van der Waals surface area contributed by atoms with Crippen LogP contribution in [-0.4, -0.2) is 24.9 Å². The zero-order valence-corrected chi connectivity index (χ0v) is 21.4. The van der Waals surface area contributed by atoms with Crippen LogP contribution in [0.15, 0.2) is 52.0 Å². The molecule has 0 atom stereocenters.